The third-order valence-corrected chi connectivity index (χ3v) is 2.42. The highest BCUT2D eigenvalue weighted by molar-refractivity contribution is 5.50. The van der Waals surface area contributed by atoms with Crippen molar-refractivity contribution in [2.24, 2.45) is 0 Å². The molecule has 0 saturated carbocycles. The molecule has 0 heterocycles. The van der Waals surface area contributed by atoms with Gasteiger partial charge in [0.15, 0.2) is 0 Å². The summed E-state index contributed by atoms with van der Waals surface area (Å²) in [5.41, 5.74) is 2.62. The van der Waals surface area contributed by atoms with Crippen molar-refractivity contribution in [2.45, 2.75) is 39.2 Å². The largest absolute Gasteiger partial charge is 0.393 e. The van der Waals surface area contributed by atoms with E-state index in [2.05, 4.69) is 43.3 Å². The third kappa shape index (κ3) is 4.80. The van der Waals surface area contributed by atoms with Gasteiger partial charge in [-0.2, -0.15) is 0 Å². The molecule has 0 aliphatic carbocycles. The molecule has 15 heavy (non-hydrogen) atoms. The van der Waals surface area contributed by atoms with Crippen molar-refractivity contribution in [3.8, 4) is 0 Å². The Hall–Kier alpha value is -1.08. The second kappa shape index (κ2) is 6.41. The molecule has 0 fully saturated rings. The van der Waals surface area contributed by atoms with E-state index in [1.165, 1.54) is 11.1 Å². The molecule has 1 N–H and O–H groups in total. The van der Waals surface area contributed by atoms with Crippen molar-refractivity contribution in [1.82, 2.24) is 0 Å². The normalized spacial score (nSPS) is 13.3. The summed E-state index contributed by atoms with van der Waals surface area (Å²) in [6, 6.07) is 8.55. The summed E-state index contributed by atoms with van der Waals surface area (Å²) >= 11 is 0. The first kappa shape index (κ1) is 12.0. The Labute approximate surface area is 92.5 Å². The lowest BCUT2D eigenvalue weighted by molar-refractivity contribution is 0.186. The van der Waals surface area contributed by atoms with Crippen LogP contribution in [0.1, 0.15) is 37.8 Å². The maximum atomic E-state index is 9.10. The summed E-state index contributed by atoms with van der Waals surface area (Å²) in [5, 5.41) is 9.10. The SMILES string of the molecule is CCc1cccc(/C=C/CC[C@@H](C)O)c1. The van der Waals surface area contributed by atoms with Gasteiger partial charge < -0.3 is 5.11 Å². The average molecular weight is 204 g/mol. The zero-order valence-corrected chi connectivity index (χ0v) is 9.61. The van der Waals surface area contributed by atoms with E-state index in [0.717, 1.165) is 19.3 Å². The number of hydrogen-bond acceptors (Lipinski definition) is 1. The van der Waals surface area contributed by atoms with Crippen LogP contribution in [0, 0.1) is 0 Å². The molecular weight excluding hydrogens is 184 g/mol. The summed E-state index contributed by atoms with van der Waals surface area (Å²) in [6.07, 6.45) is 6.91. The highest BCUT2D eigenvalue weighted by Gasteiger charge is 1.92. The minimum absolute atomic E-state index is 0.198. The summed E-state index contributed by atoms with van der Waals surface area (Å²) < 4.78 is 0. The zero-order chi connectivity index (χ0) is 11.1. The fourth-order valence-corrected chi connectivity index (χ4v) is 1.47. The molecule has 1 atom stereocenters. The number of rotatable bonds is 5. The van der Waals surface area contributed by atoms with Crippen LogP contribution in [0.2, 0.25) is 0 Å². The van der Waals surface area contributed by atoms with Crippen LogP contribution in [-0.2, 0) is 6.42 Å². The van der Waals surface area contributed by atoms with Crippen LogP contribution in [0.15, 0.2) is 30.3 Å². The number of aliphatic hydroxyl groups is 1. The van der Waals surface area contributed by atoms with E-state index in [4.69, 9.17) is 5.11 Å². The van der Waals surface area contributed by atoms with Crippen molar-refractivity contribution in [3.63, 3.8) is 0 Å². The highest BCUT2D eigenvalue weighted by Crippen LogP contribution is 2.08. The van der Waals surface area contributed by atoms with Gasteiger partial charge >= 0.3 is 0 Å². The first-order valence-corrected chi connectivity index (χ1v) is 5.66. The Kier molecular flexibility index (Phi) is 5.13. The molecule has 1 aromatic rings. The predicted molar refractivity (Wildman–Crippen MR) is 65.8 cm³/mol. The van der Waals surface area contributed by atoms with E-state index < -0.39 is 0 Å². The molecular formula is C14H20O. The quantitative estimate of drug-likeness (QED) is 0.779. The smallest absolute Gasteiger partial charge is 0.0515 e. The number of aryl methyl sites for hydroxylation is 1. The molecule has 0 bridgehead atoms. The van der Waals surface area contributed by atoms with Crippen LogP contribution in [-0.4, -0.2) is 11.2 Å². The van der Waals surface area contributed by atoms with Gasteiger partial charge in [0, 0.05) is 0 Å². The van der Waals surface area contributed by atoms with Gasteiger partial charge in [-0.3, -0.25) is 0 Å². The number of aliphatic hydroxyl groups excluding tert-OH is 1. The van der Waals surface area contributed by atoms with Crippen molar-refractivity contribution >= 4 is 6.08 Å². The van der Waals surface area contributed by atoms with Crippen LogP contribution in [0.4, 0.5) is 0 Å². The number of benzene rings is 1. The molecule has 0 unspecified atom stereocenters. The Morgan fingerprint density at radius 2 is 2.20 bits per heavy atom. The van der Waals surface area contributed by atoms with Gasteiger partial charge in [0.05, 0.1) is 6.10 Å². The van der Waals surface area contributed by atoms with Crippen LogP contribution in [0.3, 0.4) is 0 Å². The molecule has 1 aromatic carbocycles. The molecule has 0 saturated heterocycles. The Bertz CT molecular complexity index is 313. The lowest BCUT2D eigenvalue weighted by Crippen LogP contribution is -1.96. The topological polar surface area (TPSA) is 20.2 Å². The predicted octanol–water partition coefficient (Wildman–Crippen LogP) is 3.42. The van der Waals surface area contributed by atoms with Crippen molar-refractivity contribution in [2.75, 3.05) is 0 Å². The van der Waals surface area contributed by atoms with Gasteiger partial charge in [-0.15, -0.1) is 0 Å². The van der Waals surface area contributed by atoms with Gasteiger partial charge in [0.1, 0.15) is 0 Å². The maximum Gasteiger partial charge on any atom is 0.0515 e. The fourth-order valence-electron chi connectivity index (χ4n) is 1.47. The Balaban J connectivity index is 2.49. The number of allylic oxidation sites excluding steroid dienone is 1. The molecule has 1 nitrogen and oxygen atoms in total. The second-order valence-corrected chi connectivity index (χ2v) is 3.93. The van der Waals surface area contributed by atoms with E-state index in [0.29, 0.717) is 0 Å². The fraction of sp³-hybridized carbons (Fsp3) is 0.429. The van der Waals surface area contributed by atoms with Gasteiger partial charge in [-0.05, 0) is 37.3 Å². The second-order valence-electron chi connectivity index (χ2n) is 3.93. The van der Waals surface area contributed by atoms with E-state index in [-0.39, 0.29) is 6.10 Å². The van der Waals surface area contributed by atoms with Crippen molar-refractivity contribution in [1.29, 1.82) is 0 Å². The lowest BCUT2D eigenvalue weighted by atomic mass is 10.1. The Morgan fingerprint density at radius 3 is 2.87 bits per heavy atom. The molecule has 0 aliphatic rings. The molecule has 0 aliphatic heterocycles. The van der Waals surface area contributed by atoms with E-state index in [1.807, 2.05) is 6.92 Å². The Morgan fingerprint density at radius 1 is 1.40 bits per heavy atom. The first-order chi connectivity index (χ1) is 7.22. The molecule has 0 spiro atoms. The van der Waals surface area contributed by atoms with Gasteiger partial charge in [-0.1, -0.05) is 43.3 Å². The molecule has 1 rings (SSSR count). The van der Waals surface area contributed by atoms with Crippen LogP contribution in [0.5, 0.6) is 0 Å². The summed E-state index contributed by atoms with van der Waals surface area (Å²) in [7, 11) is 0. The monoisotopic (exact) mass is 204 g/mol. The van der Waals surface area contributed by atoms with Crippen molar-refractivity contribution < 1.29 is 5.11 Å². The van der Waals surface area contributed by atoms with E-state index >= 15 is 0 Å². The zero-order valence-electron chi connectivity index (χ0n) is 9.61. The third-order valence-electron chi connectivity index (χ3n) is 2.42. The van der Waals surface area contributed by atoms with Crippen LogP contribution >= 0.6 is 0 Å². The summed E-state index contributed by atoms with van der Waals surface area (Å²) in [4.78, 5) is 0. The van der Waals surface area contributed by atoms with E-state index in [9.17, 15) is 0 Å². The highest BCUT2D eigenvalue weighted by atomic mass is 16.3. The lowest BCUT2D eigenvalue weighted by Gasteiger charge is -2.00. The van der Waals surface area contributed by atoms with Gasteiger partial charge in [0.25, 0.3) is 0 Å². The summed E-state index contributed by atoms with van der Waals surface area (Å²) in [5.74, 6) is 0. The van der Waals surface area contributed by atoms with Crippen LogP contribution < -0.4 is 0 Å². The number of hydrogen-bond donors (Lipinski definition) is 1. The van der Waals surface area contributed by atoms with Crippen LogP contribution in [0.25, 0.3) is 6.08 Å². The standard InChI is InChI=1S/C14H20O/c1-3-13-9-6-10-14(11-13)8-5-4-7-12(2)15/h5-6,8-12,15H,3-4,7H2,1-2H3/b8-5+/t12-/m1/s1. The maximum absolute atomic E-state index is 9.10. The van der Waals surface area contributed by atoms with Gasteiger partial charge in [0.2, 0.25) is 0 Å². The van der Waals surface area contributed by atoms with Crippen molar-refractivity contribution in [3.05, 3.63) is 41.5 Å². The average Bonchev–Trinajstić information content (AvgIpc) is 2.24. The molecule has 0 radical (unpaired) electrons. The molecule has 82 valence electrons. The molecule has 0 amide bonds. The van der Waals surface area contributed by atoms with Gasteiger partial charge in [-0.25, -0.2) is 0 Å². The molecule has 1 heteroatoms. The molecule has 0 aromatic heterocycles. The minimum Gasteiger partial charge on any atom is -0.393 e. The van der Waals surface area contributed by atoms with E-state index in [1.54, 1.807) is 0 Å². The first-order valence-electron chi connectivity index (χ1n) is 5.66. The minimum atomic E-state index is -0.198. The summed E-state index contributed by atoms with van der Waals surface area (Å²) in [6.45, 7) is 3.99.